The molecule has 0 radical (unpaired) electrons. The van der Waals surface area contributed by atoms with Gasteiger partial charge in [0.05, 0.1) is 6.07 Å². The monoisotopic (exact) mass is 265 g/mol. The minimum absolute atomic E-state index is 0.000993. The first-order valence-corrected chi connectivity index (χ1v) is 7.34. The summed E-state index contributed by atoms with van der Waals surface area (Å²) in [5.41, 5.74) is -0.819. The van der Waals surface area contributed by atoms with E-state index < -0.39 is 5.41 Å². The third-order valence-corrected chi connectivity index (χ3v) is 4.55. The van der Waals surface area contributed by atoms with Crippen molar-refractivity contribution in [1.82, 2.24) is 9.80 Å². The van der Waals surface area contributed by atoms with Gasteiger partial charge in [-0.15, -0.1) is 0 Å². The highest BCUT2D eigenvalue weighted by molar-refractivity contribution is 5.85. The number of carbonyl (C=O) groups excluding carboxylic acids is 1. The summed E-state index contributed by atoms with van der Waals surface area (Å²) in [6.45, 7) is 6.85. The minimum atomic E-state index is -0.819. The smallest absolute Gasteiger partial charge is 0.242 e. The average molecular weight is 265 g/mol. The number of carbonyl (C=O) groups is 1. The summed E-state index contributed by atoms with van der Waals surface area (Å²) in [7, 11) is 3.98. The molecule has 4 heteroatoms. The largest absolute Gasteiger partial charge is 0.344 e. The van der Waals surface area contributed by atoms with Gasteiger partial charge in [0.15, 0.2) is 0 Å². The zero-order valence-corrected chi connectivity index (χ0v) is 12.8. The topological polar surface area (TPSA) is 47.3 Å². The highest BCUT2D eigenvalue weighted by Gasteiger charge is 2.37. The summed E-state index contributed by atoms with van der Waals surface area (Å²) in [4.78, 5) is 16.6. The van der Waals surface area contributed by atoms with Gasteiger partial charge in [-0.1, -0.05) is 13.8 Å². The number of hydrogen-bond donors (Lipinski definition) is 0. The molecule has 19 heavy (non-hydrogen) atoms. The average Bonchev–Trinajstić information content (AvgIpc) is 2.43. The standard InChI is InChI=1S/C15H27N3O/c1-5-15(6-2,12-16)14(19)18(4)11-13-7-9-17(3)10-8-13/h13H,5-11H2,1-4H3. The first-order chi connectivity index (χ1) is 8.99. The molecule has 0 bridgehead atoms. The second kappa shape index (κ2) is 6.91. The van der Waals surface area contributed by atoms with E-state index in [4.69, 9.17) is 0 Å². The van der Waals surface area contributed by atoms with Gasteiger partial charge in [-0.3, -0.25) is 4.79 Å². The van der Waals surface area contributed by atoms with E-state index in [-0.39, 0.29) is 5.91 Å². The van der Waals surface area contributed by atoms with Crippen molar-refractivity contribution in [2.24, 2.45) is 11.3 Å². The van der Waals surface area contributed by atoms with Gasteiger partial charge in [-0.25, -0.2) is 0 Å². The van der Waals surface area contributed by atoms with Crippen LogP contribution in [0.4, 0.5) is 0 Å². The van der Waals surface area contributed by atoms with Crippen LogP contribution >= 0.6 is 0 Å². The quantitative estimate of drug-likeness (QED) is 0.765. The van der Waals surface area contributed by atoms with Crippen LogP contribution in [-0.4, -0.2) is 49.4 Å². The van der Waals surface area contributed by atoms with E-state index >= 15 is 0 Å². The molecular formula is C15H27N3O. The molecule has 0 aliphatic carbocycles. The second-order valence-corrected chi connectivity index (χ2v) is 5.83. The lowest BCUT2D eigenvalue weighted by molar-refractivity contribution is -0.138. The molecule has 0 atom stereocenters. The first kappa shape index (κ1) is 16.0. The SMILES string of the molecule is CCC(C#N)(CC)C(=O)N(C)CC1CCN(C)CC1. The Labute approximate surface area is 117 Å². The van der Waals surface area contributed by atoms with Crippen molar-refractivity contribution < 1.29 is 4.79 Å². The van der Waals surface area contributed by atoms with Crippen molar-refractivity contribution in [3.63, 3.8) is 0 Å². The number of nitrogens with zero attached hydrogens (tertiary/aromatic N) is 3. The highest BCUT2D eigenvalue weighted by Crippen LogP contribution is 2.28. The summed E-state index contributed by atoms with van der Waals surface area (Å²) in [5, 5.41) is 9.33. The Bertz CT molecular complexity index is 336. The fraction of sp³-hybridized carbons (Fsp3) is 0.867. The number of nitriles is 1. The lowest BCUT2D eigenvalue weighted by Crippen LogP contribution is -2.44. The molecule has 0 saturated carbocycles. The number of piperidine rings is 1. The summed E-state index contributed by atoms with van der Waals surface area (Å²) in [6.07, 6.45) is 3.48. The summed E-state index contributed by atoms with van der Waals surface area (Å²) >= 11 is 0. The number of amides is 1. The van der Waals surface area contributed by atoms with Gasteiger partial charge in [-0.2, -0.15) is 5.26 Å². The molecule has 1 rings (SSSR count). The molecule has 1 aliphatic heterocycles. The predicted molar refractivity (Wildman–Crippen MR) is 76.5 cm³/mol. The summed E-state index contributed by atoms with van der Waals surface area (Å²) < 4.78 is 0. The third-order valence-electron chi connectivity index (χ3n) is 4.55. The number of likely N-dealkylation sites (tertiary alicyclic amines) is 1. The Morgan fingerprint density at radius 3 is 2.32 bits per heavy atom. The Kier molecular flexibility index (Phi) is 5.81. The predicted octanol–water partition coefficient (Wildman–Crippen LogP) is 2.12. The zero-order valence-electron chi connectivity index (χ0n) is 12.8. The first-order valence-electron chi connectivity index (χ1n) is 7.34. The Hall–Kier alpha value is -1.08. The molecule has 0 unspecified atom stereocenters. The van der Waals surface area contributed by atoms with E-state index in [2.05, 4.69) is 18.0 Å². The van der Waals surface area contributed by atoms with Crippen molar-refractivity contribution in [2.75, 3.05) is 33.7 Å². The van der Waals surface area contributed by atoms with Crippen LogP contribution in [0.5, 0.6) is 0 Å². The lowest BCUT2D eigenvalue weighted by Gasteiger charge is -2.34. The van der Waals surface area contributed by atoms with Gasteiger partial charge >= 0.3 is 0 Å². The summed E-state index contributed by atoms with van der Waals surface area (Å²) in [6, 6.07) is 2.24. The molecule has 1 heterocycles. The van der Waals surface area contributed by atoms with Crippen molar-refractivity contribution in [2.45, 2.75) is 39.5 Å². The maximum atomic E-state index is 12.5. The minimum Gasteiger partial charge on any atom is -0.344 e. The molecule has 0 N–H and O–H groups in total. The second-order valence-electron chi connectivity index (χ2n) is 5.83. The van der Waals surface area contributed by atoms with Crippen molar-refractivity contribution in [1.29, 1.82) is 5.26 Å². The Morgan fingerprint density at radius 1 is 1.37 bits per heavy atom. The van der Waals surface area contributed by atoms with Crippen molar-refractivity contribution >= 4 is 5.91 Å². The highest BCUT2D eigenvalue weighted by atomic mass is 16.2. The maximum absolute atomic E-state index is 12.5. The van der Waals surface area contributed by atoms with E-state index in [0.717, 1.165) is 32.5 Å². The van der Waals surface area contributed by atoms with Crippen LogP contribution in [0.1, 0.15) is 39.5 Å². The molecule has 0 aromatic carbocycles. The van der Waals surface area contributed by atoms with E-state index in [1.165, 1.54) is 0 Å². The van der Waals surface area contributed by atoms with Gasteiger partial charge < -0.3 is 9.80 Å². The van der Waals surface area contributed by atoms with E-state index in [9.17, 15) is 10.1 Å². The van der Waals surface area contributed by atoms with Crippen LogP contribution in [0.15, 0.2) is 0 Å². The molecule has 1 saturated heterocycles. The normalized spacial score (nSPS) is 18.1. The van der Waals surface area contributed by atoms with E-state index in [0.29, 0.717) is 18.8 Å². The van der Waals surface area contributed by atoms with Crippen LogP contribution in [0.3, 0.4) is 0 Å². The van der Waals surface area contributed by atoms with Gasteiger partial charge in [0, 0.05) is 13.6 Å². The zero-order chi connectivity index (χ0) is 14.5. The number of rotatable bonds is 5. The van der Waals surface area contributed by atoms with E-state index in [1.54, 1.807) is 4.90 Å². The maximum Gasteiger partial charge on any atom is 0.242 e. The molecule has 1 fully saturated rings. The van der Waals surface area contributed by atoms with Crippen LogP contribution in [0.2, 0.25) is 0 Å². The molecule has 1 aliphatic rings. The van der Waals surface area contributed by atoms with Gasteiger partial charge in [-0.05, 0) is 51.7 Å². The van der Waals surface area contributed by atoms with Crippen LogP contribution < -0.4 is 0 Å². The Morgan fingerprint density at radius 2 is 1.89 bits per heavy atom. The van der Waals surface area contributed by atoms with Crippen molar-refractivity contribution in [3.05, 3.63) is 0 Å². The van der Waals surface area contributed by atoms with Crippen molar-refractivity contribution in [3.8, 4) is 6.07 Å². The molecule has 108 valence electrons. The fourth-order valence-corrected chi connectivity index (χ4v) is 2.84. The molecule has 1 amide bonds. The fourth-order valence-electron chi connectivity index (χ4n) is 2.84. The third kappa shape index (κ3) is 3.70. The molecule has 0 spiro atoms. The Balaban J connectivity index is 2.60. The molecule has 0 aromatic heterocycles. The molecule has 0 aromatic rings. The van der Waals surface area contributed by atoms with Gasteiger partial charge in [0.1, 0.15) is 5.41 Å². The lowest BCUT2D eigenvalue weighted by atomic mass is 9.82. The molecular weight excluding hydrogens is 238 g/mol. The van der Waals surface area contributed by atoms with Crippen LogP contribution in [-0.2, 0) is 4.79 Å². The van der Waals surface area contributed by atoms with Gasteiger partial charge in [0.2, 0.25) is 5.91 Å². The summed E-state index contributed by atoms with van der Waals surface area (Å²) in [5.74, 6) is 0.578. The van der Waals surface area contributed by atoms with E-state index in [1.807, 2.05) is 20.9 Å². The van der Waals surface area contributed by atoms with Gasteiger partial charge in [0.25, 0.3) is 0 Å². The van der Waals surface area contributed by atoms with Crippen LogP contribution in [0.25, 0.3) is 0 Å². The number of hydrogen-bond acceptors (Lipinski definition) is 3. The molecule has 4 nitrogen and oxygen atoms in total. The van der Waals surface area contributed by atoms with Crippen LogP contribution in [0, 0.1) is 22.7 Å².